The number of hydrogen-bond acceptors (Lipinski definition) is 3. The predicted molar refractivity (Wildman–Crippen MR) is 103 cm³/mol. The summed E-state index contributed by atoms with van der Waals surface area (Å²) in [4.78, 5) is 12.6. The van der Waals surface area contributed by atoms with Gasteiger partial charge in [0.1, 0.15) is 5.82 Å². The molecule has 1 aromatic heterocycles. The van der Waals surface area contributed by atoms with E-state index in [0.717, 1.165) is 28.1 Å². The molecular formula is C20H19N3O2S. The molecule has 0 bridgehead atoms. The molecule has 1 aliphatic heterocycles. The molecule has 2 heterocycles. The van der Waals surface area contributed by atoms with Crippen LogP contribution in [0.5, 0.6) is 0 Å². The van der Waals surface area contributed by atoms with Crippen molar-refractivity contribution >= 4 is 22.5 Å². The second-order valence-electron chi connectivity index (χ2n) is 6.46. The Morgan fingerprint density at radius 1 is 1.12 bits per heavy atom. The summed E-state index contributed by atoms with van der Waals surface area (Å²) in [6.07, 6.45) is 0.289. The van der Waals surface area contributed by atoms with E-state index in [-0.39, 0.29) is 12.3 Å². The Bertz CT molecular complexity index is 978. The van der Waals surface area contributed by atoms with E-state index in [2.05, 4.69) is 10.4 Å². The lowest BCUT2D eigenvalue weighted by atomic mass is 10.1. The van der Waals surface area contributed by atoms with Gasteiger partial charge in [0.25, 0.3) is 0 Å². The molecule has 0 fully saturated rings. The smallest absolute Gasteiger partial charge is 0.229 e. The van der Waals surface area contributed by atoms with Crippen molar-refractivity contribution in [2.45, 2.75) is 24.9 Å². The molecule has 3 aromatic rings. The molecule has 1 aliphatic rings. The van der Waals surface area contributed by atoms with E-state index in [9.17, 15) is 9.00 Å². The topological polar surface area (TPSA) is 64.0 Å². The van der Waals surface area contributed by atoms with Gasteiger partial charge in [-0.3, -0.25) is 9.00 Å². The van der Waals surface area contributed by atoms with Gasteiger partial charge in [-0.2, -0.15) is 5.10 Å². The van der Waals surface area contributed by atoms with E-state index < -0.39 is 10.8 Å². The van der Waals surface area contributed by atoms with Crippen LogP contribution >= 0.6 is 0 Å². The maximum atomic E-state index is 12.6. The lowest BCUT2D eigenvalue weighted by Gasteiger charge is -2.11. The predicted octanol–water partition coefficient (Wildman–Crippen LogP) is 3.12. The number of nitrogens with zero attached hydrogens (tertiary/aromatic N) is 2. The number of aromatic nitrogens is 2. The molecule has 5 nitrogen and oxygen atoms in total. The number of hydrogen-bond donors (Lipinski definition) is 1. The van der Waals surface area contributed by atoms with E-state index >= 15 is 0 Å². The highest BCUT2D eigenvalue weighted by molar-refractivity contribution is 7.83. The second-order valence-corrected chi connectivity index (χ2v) is 7.92. The Hall–Kier alpha value is -2.73. The van der Waals surface area contributed by atoms with Crippen LogP contribution in [0.1, 0.15) is 22.4 Å². The Morgan fingerprint density at radius 2 is 1.85 bits per heavy atom. The van der Waals surface area contributed by atoms with Crippen LogP contribution in [-0.4, -0.2) is 19.9 Å². The normalized spacial score (nSPS) is 15.7. The van der Waals surface area contributed by atoms with Crippen molar-refractivity contribution in [1.82, 2.24) is 9.78 Å². The van der Waals surface area contributed by atoms with Gasteiger partial charge in [-0.05, 0) is 24.6 Å². The summed E-state index contributed by atoms with van der Waals surface area (Å²) in [5.41, 5.74) is 4.67. The molecule has 0 saturated carbocycles. The molecular weight excluding hydrogens is 346 g/mol. The quantitative estimate of drug-likeness (QED) is 0.773. The zero-order valence-electron chi connectivity index (χ0n) is 14.4. The molecule has 1 N–H and O–H groups in total. The molecule has 4 rings (SSSR count). The van der Waals surface area contributed by atoms with E-state index in [1.807, 2.05) is 61.5 Å². The summed E-state index contributed by atoms with van der Waals surface area (Å²) >= 11 is 0. The number of fused-ring (bicyclic) bond motifs is 1. The second kappa shape index (κ2) is 6.88. The number of anilines is 1. The Morgan fingerprint density at radius 3 is 2.58 bits per heavy atom. The molecule has 1 atom stereocenters. The van der Waals surface area contributed by atoms with Crippen LogP contribution in [0.25, 0.3) is 5.69 Å². The first-order valence-electron chi connectivity index (χ1n) is 8.47. The largest absolute Gasteiger partial charge is 0.310 e. The van der Waals surface area contributed by atoms with E-state index in [0.29, 0.717) is 17.3 Å². The third-order valence-electron chi connectivity index (χ3n) is 4.41. The minimum atomic E-state index is -0.947. The molecule has 26 heavy (non-hydrogen) atoms. The van der Waals surface area contributed by atoms with Crippen molar-refractivity contribution < 1.29 is 9.00 Å². The van der Waals surface area contributed by atoms with Crippen molar-refractivity contribution in [3.8, 4) is 5.69 Å². The molecule has 2 aromatic carbocycles. The highest BCUT2D eigenvalue weighted by atomic mass is 32.2. The first kappa shape index (κ1) is 16.7. The first-order chi connectivity index (χ1) is 12.6. The summed E-state index contributed by atoms with van der Waals surface area (Å²) < 4.78 is 13.7. The fourth-order valence-corrected chi connectivity index (χ4v) is 4.35. The lowest BCUT2D eigenvalue weighted by Crippen LogP contribution is -2.18. The number of carbonyl (C=O) groups excluding carboxylic acids is 1. The first-order valence-corrected chi connectivity index (χ1v) is 9.95. The van der Waals surface area contributed by atoms with Crippen LogP contribution < -0.4 is 5.32 Å². The molecule has 132 valence electrons. The van der Waals surface area contributed by atoms with Gasteiger partial charge < -0.3 is 5.32 Å². The van der Waals surface area contributed by atoms with E-state index in [4.69, 9.17) is 0 Å². The minimum absolute atomic E-state index is 0.107. The van der Waals surface area contributed by atoms with Crippen molar-refractivity contribution in [1.29, 1.82) is 0 Å². The molecule has 0 radical (unpaired) electrons. The van der Waals surface area contributed by atoms with Crippen LogP contribution in [0.2, 0.25) is 0 Å². The zero-order valence-corrected chi connectivity index (χ0v) is 15.3. The van der Waals surface area contributed by atoms with E-state index in [1.165, 1.54) is 0 Å². The summed E-state index contributed by atoms with van der Waals surface area (Å²) in [6.45, 7) is 2.03. The summed E-state index contributed by atoms with van der Waals surface area (Å²) in [6, 6.07) is 17.6. The molecule has 0 saturated heterocycles. The highest BCUT2D eigenvalue weighted by Gasteiger charge is 2.28. The third-order valence-corrected chi connectivity index (χ3v) is 5.62. The van der Waals surface area contributed by atoms with Crippen molar-refractivity contribution in [3.63, 3.8) is 0 Å². The standard InChI is InChI=1S/C20H19N3O2S/c1-14-7-9-16(10-8-14)23-20(17-12-26(25)13-18(17)22-23)21-19(24)11-15-5-3-2-4-6-15/h2-10H,11-13H2,1H3,(H,21,24)/t26-/m0/s1. The summed E-state index contributed by atoms with van der Waals surface area (Å²) in [5.74, 6) is 1.40. The Labute approximate surface area is 154 Å². The van der Waals surface area contributed by atoms with Crippen molar-refractivity contribution in [3.05, 3.63) is 77.0 Å². The summed E-state index contributed by atoms with van der Waals surface area (Å²) in [5, 5.41) is 7.61. The molecule has 0 aliphatic carbocycles. The molecule has 6 heteroatoms. The maximum absolute atomic E-state index is 12.6. The highest BCUT2D eigenvalue weighted by Crippen LogP contribution is 2.31. The van der Waals surface area contributed by atoms with Crippen molar-refractivity contribution in [2.75, 3.05) is 5.32 Å². The van der Waals surface area contributed by atoms with Gasteiger partial charge in [0, 0.05) is 16.4 Å². The fourth-order valence-electron chi connectivity index (χ4n) is 3.09. The van der Waals surface area contributed by atoms with Gasteiger partial charge in [0.05, 0.1) is 29.3 Å². The Kier molecular flexibility index (Phi) is 4.42. The van der Waals surface area contributed by atoms with Gasteiger partial charge in [0.15, 0.2) is 0 Å². The number of carbonyl (C=O) groups is 1. The van der Waals surface area contributed by atoms with Crippen LogP contribution in [0.15, 0.2) is 54.6 Å². The monoisotopic (exact) mass is 365 g/mol. The van der Waals surface area contributed by atoms with Crippen LogP contribution in [0, 0.1) is 6.92 Å². The SMILES string of the molecule is Cc1ccc(-n2nc3c(c2NC(=O)Cc2ccccc2)C[S@](=O)C3)cc1. The number of nitrogens with one attached hydrogen (secondary N) is 1. The summed E-state index contributed by atoms with van der Waals surface area (Å²) in [7, 11) is -0.947. The molecule has 1 amide bonds. The van der Waals surface area contributed by atoms with Gasteiger partial charge in [-0.1, -0.05) is 48.0 Å². The minimum Gasteiger partial charge on any atom is -0.310 e. The lowest BCUT2D eigenvalue weighted by molar-refractivity contribution is -0.115. The molecule has 0 unspecified atom stereocenters. The van der Waals surface area contributed by atoms with E-state index in [1.54, 1.807) is 4.68 Å². The van der Waals surface area contributed by atoms with Crippen LogP contribution in [0.4, 0.5) is 5.82 Å². The number of benzene rings is 2. The number of amides is 1. The number of rotatable bonds is 4. The van der Waals surface area contributed by atoms with Gasteiger partial charge >= 0.3 is 0 Å². The van der Waals surface area contributed by atoms with Crippen molar-refractivity contribution in [2.24, 2.45) is 0 Å². The van der Waals surface area contributed by atoms with Gasteiger partial charge in [-0.25, -0.2) is 4.68 Å². The molecule has 0 spiro atoms. The average Bonchev–Trinajstić information content (AvgIpc) is 3.14. The third kappa shape index (κ3) is 3.32. The average molecular weight is 365 g/mol. The number of aryl methyl sites for hydroxylation is 1. The maximum Gasteiger partial charge on any atom is 0.229 e. The fraction of sp³-hybridized carbons (Fsp3) is 0.200. The van der Waals surface area contributed by atoms with Gasteiger partial charge in [0.2, 0.25) is 5.91 Å². The van der Waals surface area contributed by atoms with Crippen LogP contribution in [-0.2, 0) is 33.5 Å². The Balaban J connectivity index is 1.66. The zero-order chi connectivity index (χ0) is 18.1. The van der Waals surface area contributed by atoms with Crippen LogP contribution in [0.3, 0.4) is 0 Å². The van der Waals surface area contributed by atoms with Gasteiger partial charge in [-0.15, -0.1) is 0 Å².